The van der Waals surface area contributed by atoms with Crippen LogP contribution >= 0.6 is 9.24 Å². The third-order valence-corrected chi connectivity index (χ3v) is 10.4. The van der Waals surface area contributed by atoms with E-state index in [0.29, 0.717) is 24.2 Å². The molecule has 0 aromatic heterocycles. The third-order valence-electron chi connectivity index (χ3n) is 9.98. The summed E-state index contributed by atoms with van der Waals surface area (Å²) >= 11 is 0. The summed E-state index contributed by atoms with van der Waals surface area (Å²) in [6.07, 6.45) is -4.19. The third kappa shape index (κ3) is 7.44. The van der Waals surface area contributed by atoms with Gasteiger partial charge in [0, 0.05) is 37.2 Å². The molecule has 240 valence electrons. The minimum atomic E-state index is -4.90. The zero-order chi connectivity index (χ0) is 31.9. The van der Waals surface area contributed by atoms with Gasteiger partial charge in [0.05, 0.1) is 11.1 Å². The summed E-state index contributed by atoms with van der Waals surface area (Å²) in [7, 11) is 2.71. The van der Waals surface area contributed by atoms with Gasteiger partial charge in [0.1, 0.15) is 0 Å². The van der Waals surface area contributed by atoms with Crippen molar-refractivity contribution in [2.24, 2.45) is 17.3 Å². The molecule has 3 aliphatic rings. The number of nitrogens with one attached hydrogen (secondary N) is 2. The lowest BCUT2D eigenvalue weighted by Gasteiger charge is -2.38. The fourth-order valence-electron chi connectivity index (χ4n) is 7.49. The van der Waals surface area contributed by atoms with E-state index < -0.39 is 23.5 Å². The Balaban J connectivity index is 1.29. The second-order valence-electron chi connectivity index (χ2n) is 12.8. The van der Waals surface area contributed by atoms with E-state index in [-0.39, 0.29) is 41.3 Å². The van der Waals surface area contributed by atoms with Crippen LogP contribution in [0.4, 0.5) is 26.3 Å². The highest BCUT2D eigenvalue weighted by atomic mass is 31.0. The lowest BCUT2D eigenvalue weighted by molar-refractivity contribution is -0.143. The Labute approximate surface area is 257 Å². The molecule has 2 N–H and O–H groups in total. The van der Waals surface area contributed by atoms with Crippen LogP contribution < -0.4 is 15.9 Å². The van der Waals surface area contributed by atoms with Crippen LogP contribution in [0.1, 0.15) is 73.6 Å². The minimum absolute atomic E-state index is 0.0969. The van der Waals surface area contributed by atoms with Crippen LogP contribution in [0, 0.1) is 17.3 Å². The quantitative estimate of drug-likeness (QED) is 0.229. The molecule has 3 fully saturated rings. The SMILES string of the molecule is C=C(NCc1cc(C(F)(F)F)cc(C(F)(F)F)c1)C1(C2CC2CNC(C)=O)CCC(N2CCC(c3ccc(P)cc3)CC2)C1. The lowest BCUT2D eigenvalue weighted by atomic mass is 9.76. The average Bonchev–Trinajstić information content (AvgIpc) is 3.62. The van der Waals surface area contributed by atoms with Gasteiger partial charge in [-0.05, 0) is 104 Å². The Hall–Kier alpha value is -2.58. The van der Waals surface area contributed by atoms with Gasteiger partial charge in [0.25, 0.3) is 0 Å². The summed E-state index contributed by atoms with van der Waals surface area (Å²) in [5, 5.41) is 7.23. The number of rotatable bonds is 9. The summed E-state index contributed by atoms with van der Waals surface area (Å²) in [5.41, 5.74) is -1.08. The molecule has 2 aromatic rings. The number of halogens is 6. The van der Waals surface area contributed by atoms with Crippen molar-refractivity contribution in [2.45, 2.75) is 76.3 Å². The number of nitrogens with zero attached hydrogens (tertiary/aromatic N) is 1. The molecule has 5 atom stereocenters. The molecule has 1 amide bonds. The molecule has 2 saturated carbocycles. The van der Waals surface area contributed by atoms with Crippen LogP contribution in [0.3, 0.4) is 0 Å². The molecule has 5 rings (SSSR count). The summed E-state index contributed by atoms with van der Waals surface area (Å²) < 4.78 is 80.7. The maximum atomic E-state index is 13.4. The fourth-order valence-corrected chi connectivity index (χ4v) is 7.68. The van der Waals surface area contributed by atoms with E-state index in [1.807, 2.05) is 0 Å². The molecule has 0 bridgehead atoms. The summed E-state index contributed by atoms with van der Waals surface area (Å²) in [6.45, 7) is 8.10. The molecule has 0 spiro atoms. The minimum Gasteiger partial charge on any atom is -0.384 e. The number of alkyl halides is 6. The Morgan fingerprint density at radius 2 is 1.59 bits per heavy atom. The molecule has 4 nitrogen and oxygen atoms in total. The summed E-state index contributed by atoms with van der Waals surface area (Å²) in [6, 6.07) is 10.6. The molecule has 44 heavy (non-hydrogen) atoms. The van der Waals surface area contributed by atoms with Gasteiger partial charge in [-0.1, -0.05) is 30.8 Å². The van der Waals surface area contributed by atoms with E-state index in [4.69, 9.17) is 0 Å². The van der Waals surface area contributed by atoms with Crippen LogP contribution in [-0.2, 0) is 23.7 Å². The van der Waals surface area contributed by atoms with E-state index in [9.17, 15) is 31.1 Å². The molecule has 11 heteroatoms. The molecule has 1 aliphatic heterocycles. The number of hydrogen-bond acceptors (Lipinski definition) is 3. The van der Waals surface area contributed by atoms with Crippen LogP contribution in [0.5, 0.6) is 0 Å². The first-order valence-electron chi connectivity index (χ1n) is 15.2. The van der Waals surface area contributed by atoms with Crippen molar-refractivity contribution in [3.63, 3.8) is 0 Å². The monoisotopic (exact) mass is 639 g/mol. The molecule has 5 unspecified atom stereocenters. The number of allylic oxidation sites excluding steroid dienone is 1. The van der Waals surface area contributed by atoms with E-state index in [1.54, 1.807) is 0 Å². The molecule has 1 saturated heterocycles. The molecular formula is C33H40F6N3OP. The number of carbonyl (C=O) groups excluding carboxylic acids is 1. The predicted molar refractivity (Wildman–Crippen MR) is 162 cm³/mol. The number of amides is 1. The number of benzene rings is 2. The van der Waals surface area contributed by atoms with Crippen LogP contribution in [0.15, 0.2) is 54.7 Å². The van der Waals surface area contributed by atoms with Crippen molar-refractivity contribution in [3.8, 4) is 0 Å². The Kier molecular flexibility index (Phi) is 9.44. The number of hydrogen-bond donors (Lipinski definition) is 2. The zero-order valence-electron chi connectivity index (χ0n) is 24.8. The average molecular weight is 640 g/mol. The smallest absolute Gasteiger partial charge is 0.384 e. The largest absolute Gasteiger partial charge is 0.416 e. The first-order chi connectivity index (χ1) is 20.7. The van der Waals surface area contributed by atoms with Crippen LogP contribution in [0.25, 0.3) is 0 Å². The van der Waals surface area contributed by atoms with Crippen molar-refractivity contribution in [1.29, 1.82) is 0 Å². The summed E-state index contributed by atoms with van der Waals surface area (Å²) in [4.78, 5) is 14.1. The van der Waals surface area contributed by atoms with Gasteiger partial charge in [-0.25, -0.2) is 0 Å². The van der Waals surface area contributed by atoms with Crippen molar-refractivity contribution < 1.29 is 31.1 Å². The van der Waals surface area contributed by atoms with Gasteiger partial charge in [0.2, 0.25) is 5.91 Å². The number of likely N-dealkylation sites (tertiary alicyclic amines) is 1. The van der Waals surface area contributed by atoms with Crippen molar-refractivity contribution in [3.05, 3.63) is 77.0 Å². The van der Waals surface area contributed by atoms with Crippen LogP contribution in [0.2, 0.25) is 0 Å². The lowest BCUT2D eigenvalue weighted by Crippen LogP contribution is -2.41. The molecule has 2 aromatic carbocycles. The predicted octanol–water partition coefficient (Wildman–Crippen LogP) is 7.02. The van der Waals surface area contributed by atoms with Crippen LogP contribution in [-0.4, -0.2) is 36.5 Å². The topological polar surface area (TPSA) is 44.4 Å². The highest BCUT2D eigenvalue weighted by Crippen LogP contribution is 2.61. The first-order valence-corrected chi connectivity index (χ1v) is 15.8. The number of carbonyl (C=O) groups is 1. The fraction of sp³-hybridized carbons (Fsp3) is 0.545. The standard InChI is InChI=1S/C33H40F6N3OP/c1-20(40-18-22-13-26(32(34,35)36)16-27(14-22)33(37,38)39)31(30-15-25(30)19-41-21(2)43)10-7-28(17-31)42-11-8-24(9-12-42)23-3-5-29(44)6-4-23/h3-6,13-14,16,24-25,28,30,40H,1,7-12,15,17-19,44H2,2H3,(H,41,43). The second-order valence-corrected chi connectivity index (χ2v) is 13.5. The Morgan fingerprint density at radius 3 is 2.16 bits per heavy atom. The first kappa shape index (κ1) is 32.8. The Morgan fingerprint density at radius 1 is 0.977 bits per heavy atom. The van der Waals surface area contributed by atoms with E-state index in [0.717, 1.165) is 69.1 Å². The van der Waals surface area contributed by atoms with Crippen molar-refractivity contribution in [1.82, 2.24) is 15.5 Å². The maximum absolute atomic E-state index is 13.4. The normalized spacial score (nSPS) is 26.4. The van der Waals surface area contributed by atoms with E-state index >= 15 is 0 Å². The molecular weight excluding hydrogens is 599 g/mol. The molecule has 0 radical (unpaired) electrons. The van der Waals surface area contributed by atoms with Gasteiger partial charge in [-0.3, -0.25) is 4.79 Å². The van der Waals surface area contributed by atoms with E-state index in [1.165, 1.54) is 12.5 Å². The maximum Gasteiger partial charge on any atom is 0.416 e. The Bertz CT molecular complexity index is 1320. The van der Waals surface area contributed by atoms with E-state index in [2.05, 4.69) is 55.6 Å². The van der Waals surface area contributed by atoms with Crippen molar-refractivity contribution >= 4 is 20.5 Å². The van der Waals surface area contributed by atoms with Crippen molar-refractivity contribution in [2.75, 3.05) is 19.6 Å². The molecule has 1 heterocycles. The van der Waals surface area contributed by atoms with Gasteiger partial charge >= 0.3 is 12.4 Å². The second kappa shape index (κ2) is 12.7. The van der Waals surface area contributed by atoms with Gasteiger partial charge < -0.3 is 15.5 Å². The zero-order valence-corrected chi connectivity index (χ0v) is 26.0. The van der Waals surface area contributed by atoms with Gasteiger partial charge in [0.15, 0.2) is 0 Å². The highest BCUT2D eigenvalue weighted by molar-refractivity contribution is 7.27. The number of piperidine rings is 1. The van der Waals surface area contributed by atoms with Gasteiger partial charge in [-0.15, -0.1) is 9.24 Å². The summed E-state index contributed by atoms with van der Waals surface area (Å²) in [5.74, 6) is 0.895. The molecule has 2 aliphatic carbocycles. The highest BCUT2D eigenvalue weighted by Gasteiger charge is 2.57. The van der Waals surface area contributed by atoms with Gasteiger partial charge in [-0.2, -0.15) is 26.3 Å².